The van der Waals surface area contributed by atoms with Crippen LogP contribution in [-0.4, -0.2) is 45.9 Å². The third kappa shape index (κ3) is 5.56. The molecule has 0 aliphatic rings. The number of aromatic nitrogens is 3. The normalized spacial score (nSPS) is 11.6. The van der Waals surface area contributed by atoms with Crippen LogP contribution >= 0.6 is 0 Å². The standard InChI is InChI=1S/C13H25N5O2/c1-6-14-10-16-11(15-7-13(4,5)8-19)18-12(17-10)20-9(2)3/h9,19H,6-8H2,1-5H3,(H2,14,15,16,17,18). The second-order valence-corrected chi connectivity index (χ2v) is 5.64. The van der Waals surface area contributed by atoms with Crippen LogP contribution in [0.2, 0.25) is 0 Å². The van der Waals surface area contributed by atoms with Gasteiger partial charge in [0, 0.05) is 25.1 Å². The maximum atomic E-state index is 9.25. The molecule has 7 heteroatoms. The second kappa shape index (κ2) is 7.23. The molecular formula is C13H25N5O2. The monoisotopic (exact) mass is 283 g/mol. The Labute approximate surface area is 120 Å². The fourth-order valence-corrected chi connectivity index (χ4v) is 1.31. The second-order valence-electron chi connectivity index (χ2n) is 5.64. The lowest BCUT2D eigenvalue weighted by molar-refractivity contribution is 0.170. The first-order chi connectivity index (χ1) is 9.36. The van der Waals surface area contributed by atoms with Crippen molar-refractivity contribution in [2.24, 2.45) is 5.41 Å². The third-order valence-corrected chi connectivity index (χ3v) is 2.44. The Balaban J connectivity index is 2.85. The van der Waals surface area contributed by atoms with E-state index in [1.165, 1.54) is 0 Å². The van der Waals surface area contributed by atoms with Gasteiger partial charge in [0.1, 0.15) is 0 Å². The maximum absolute atomic E-state index is 9.25. The number of nitrogens with zero attached hydrogens (tertiary/aromatic N) is 3. The molecule has 0 aliphatic heterocycles. The summed E-state index contributed by atoms with van der Waals surface area (Å²) in [6.07, 6.45) is -0.00592. The highest BCUT2D eigenvalue weighted by Gasteiger charge is 2.17. The lowest BCUT2D eigenvalue weighted by Gasteiger charge is -2.22. The number of aliphatic hydroxyl groups excluding tert-OH is 1. The molecule has 1 rings (SSSR count). The van der Waals surface area contributed by atoms with Gasteiger partial charge >= 0.3 is 6.01 Å². The van der Waals surface area contributed by atoms with Gasteiger partial charge in [0.2, 0.25) is 11.9 Å². The molecule has 0 saturated heterocycles. The van der Waals surface area contributed by atoms with Crippen LogP contribution in [0.1, 0.15) is 34.6 Å². The van der Waals surface area contributed by atoms with Crippen molar-refractivity contribution in [3.63, 3.8) is 0 Å². The van der Waals surface area contributed by atoms with Crippen molar-refractivity contribution >= 4 is 11.9 Å². The van der Waals surface area contributed by atoms with E-state index in [-0.39, 0.29) is 24.1 Å². The van der Waals surface area contributed by atoms with Gasteiger partial charge in [0.05, 0.1) is 6.10 Å². The summed E-state index contributed by atoms with van der Waals surface area (Å²) in [5.74, 6) is 0.913. The lowest BCUT2D eigenvalue weighted by Crippen LogP contribution is -2.27. The fraction of sp³-hybridized carbons (Fsp3) is 0.769. The molecule has 1 heterocycles. The molecule has 0 radical (unpaired) electrons. The highest BCUT2D eigenvalue weighted by Crippen LogP contribution is 2.16. The zero-order valence-electron chi connectivity index (χ0n) is 12.9. The molecule has 3 N–H and O–H groups in total. The highest BCUT2D eigenvalue weighted by molar-refractivity contribution is 5.36. The molecular weight excluding hydrogens is 258 g/mol. The zero-order chi connectivity index (χ0) is 15.2. The Morgan fingerprint density at radius 1 is 1.15 bits per heavy atom. The van der Waals surface area contributed by atoms with Gasteiger partial charge in [-0.2, -0.15) is 15.0 Å². The van der Waals surface area contributed by atoms with E-state index >= 15 is 0 Å². The summed E-state index contributed by atoms with van der Waals surface area (Å²) in [4.78, 5) is 12.7. The molecule has 0 unspecified atom stereocenters. The van der Waals surface area contributed by atoms with Crippen molar-refractivity contribution in [3.8, 4) is 6.01 Å². The number of hydrogen-bond donors (Lipinski definition) is 3. The van der Waals surface area contributed by atoms with E-state index in [9.17, 15) is 5.11 Å². The van der Waals surface area contributed by atoms with Gasteiger partial charge in [-0.1, -0.05) is 13.8 Å². The van der Waals surface area contributed by atoms with Crippen LogP contribution in [0.3, 0.4) is 0 Å². The van der Waals surface area contributed by atoms with Gasteiger partial charge in [-0.3, -0.25) is 0 Å². The van der Waals surface area contributed by atoms with E-state index in [1.807, 2.05) is 34.6 Å². The molecule has 1 aromatic heterocycles. The average Bonchev–Trinajstić information content (AvgIpc) is 2.36. The fourth-order valence-electron chi connectivity index (χ4n) is 1.31. The van der Waals surface area contributed by atoms with Gasteiger partial charge in [-0.25, -0.2) is 0 Å². The van der Waals surface area contributed by atoms with E-state index in [1.54, 1.807) is 0 Å². The summed E-state index contributed by atoms with van der Waals surface area (Å²) in [6, 6.07) is 0.287. The van der Waals surface area contributed by atoms with Crippen LogP contribution in [0.4, 0.5) is 11.9 Å². The number of anilines is 2. The SMILES string of the molecule is CCNc1nc(NCC(C)(C)CO)nc(OC(C)C)n1. The Morgan fingerprint density at radius 2 is 1.75 bits per heavy atom. The first-order valence-electron chi connectivity index (χ1n) is 6.87. The summed E-state index contributed by atoms with van der Waals surface area (Å²) in [5, 5.41) is 15.4. The number of aliphatic hydroxyl groups is 1. The summed E-state index contributed by atoms with van der Waals surface area (Å²) in [5.41, 5.74) is -0.246. The minimum absolute atomic E-state index is 0.00592. The largest absolute Gasteiger partial charge is 0.461 e. The lowest BCUT2D eigenvalue weighted by atomic mass is 9.95. The predicted molar refractivity (Wildman–Crippen MR) is 79.1 cm³/mol. The Bertz CT molecular complexity index is 423. The minimum atomic E-state index is -0.246. The molecule has 0 amide bonds. The van der Waals surface area contributed by atoms with Crippen LogP contribution in [-0.2, 0) is 0 Å². The Kier molecular flexibility index (Phi) is 5.94. The summed E-state index contributed by atoms with van der Waals surface area (Å²) < 4.78 is 5.51. The number of nitrogens with one attached hydrogen (secondary N) is 2. The van der Waals surface area contributed by atoms with Crippen LogP contribution in [0.15, 0.2) is 0 Å². The molecule has 7 nitrogen and oxygen atoms in total. The topological polar surface area (TPSA) is 92.2 Å². The molecule has 0 aromatic carbocycles. The van der Waals surface area contributed by atoms with Crippen molar-refractivity contribution < 1.29 is 9.84 Å². The molecule has 0 bridgehead atoms. The summed E-state index contributed by atoms with van der Waals surface area (Å²) in [6.45, 7) is 11.1. The summed E-state index contributed by atoms with van der Waals surface area (Å²) in [7, 11) is 0. The third-order valence-electron chi connectivity index (χ3n) is 2.44. The van der Waals surface area contributed by atoms with E-state index in [4.69, 9.17) is 4.74 Å². The molecule has 0 saturated carbocycles. The van der Waals surface area contributed by atoms with Crippen LogP contribution in [0.25, 0.3) is 0 Å². The first kappa shape index (κ1) is 16.4. The quantitative estimate of drug-likeness (QED) is 0.666. The average molecular weight is 283 g/mol. The highest BCUT2D eigenvalue weighted by atomic mass is 16.5. The van der Waals surface area contributed by atoms with Crippen LogP contribution in [0.5, 0.6) is 6.01 Å². The molecule has 1 aromatic rings. The molecule has 0 spiro atoms. The van der Waals surface area contributed by atoms with E-state index in [0.717, 1.165) is 0 Å². The van der Waals surface area contributed by atoms with Crippen LogP contribution in [0, 0.1) is 5.41 Å². The summed E-state index contributed by atoms with van der Waals surface area (Å²) >= 11 is 0. The smallest absolute Gasteiger partial charge is 0.323 e. The zero-order valence-corrected chi connectivity index (χ0v) is 12.9. The number of hydrogen-bond acceptors (Lipinski definition) is 7. The van der Waals surface area contributed by atoms with Gasteiger partial charge in [-0.15, -0.1) is 0 Å². The van der Waals surface area contributed by atoms with Gasteiger partial charge < -0.3 is 20.5 Å². The van der Waals surface area contributed by atoms with Gasteiger partial charge in [0.25, 0.3) is 0 Å². The maximum Gasteiger partial charge on any atom is 0.323 e. The van der Waals surface area contributed by atoms with Crippen molar-refractivity contribution in [1.82, 2.24) is 15.0 Å². The van der Waals surface area contributed by atoms with E-state index in [0.29, 0.717) is 25.0 Å². The number of rotatable bonds is 8. The Morgan fingerprint density at radius 3 is 2.25 bits per heavy atom. The van der Waals surface area contributed by atoms with Crippen molar-refractivity contribution in [2.45, 2.75) is 40.7 Å². The van der Waals surface area contributed by atoms with E-state index in [2.05, 4.69) is 25.6 Å². The van der Waals surface area contributed by atoms with Crippen molar-refractivity contribution in [3.05, 3.63) is 0 Å². The molecule has 20 heavy (non-hydrogen) atoms. The molecule has 114 valence electrons. The van der Waals surface area contributed by atoms with Crippen molar-refractivity contribution in [2.75, 3.05) is 30.3 Å². The Hall–Kier alpha value is -1.63. The van der Waals surface area contributed by atoms with Crippen molar-refractivity contribution in [1.29, 1.82) is 0 Å². The van der Waals surface area contributed by atoms with Gasteiger partial charge in [-0.05, 0) is 20.8 Å². The molecule has 0 atom stereocenters. The molecule has 0 fully saturated rings. The van der Waals surface area contributed by atoms with E-state index < -0.39 is 0 Å². The van der Waals surface area contributed by atoms with Gasteiger partial charge in [0.15, 0.2) is 0 Å². The molecule has 0 aliphatic carbocycles. The predicted octanol–water partition coefficient (Wildman–Crippen LogP) is 1.52. The minimum Gasteiger partial charge on any atom is -0.461 e. The number of ether oxygens (including phenoxy) is 1. The first-order valence-corrected chi connectivity index (χ1v) is 6.87. The van der Waals surface area contributed by atoms with Crippen LogP contribution < -0.4 is 15.4 Å².